The van der Waals surface area contributed by atoms with Crippen LogP contribution in [0, 0.1) is 6.92 Å². The predicted octanol–water partition coefficient (Wildman–Crippen LogP) is 3.38. The van der Waals surface area contributed by atoms with Crippen LogP contribution < -0.4 is 15.4 Å². The summed E-state index contributed by atoms with van der Waals surface area (Å²) < 4.78 is 5.60. The van der Waals surface area contributed by atoms with Gasteiger partial charge in [0, 0.05) is 16.9 Å². The topological polar surface area (TPSA) is 50.4 Å². The Hall–Kier alpha value is -2.01. The van der Waals surface area contributed by atoms with Gasteiger partial charge in [-0.05, 0) is 30.0 Å². The van der Waals surface area contributed by atoms with Crippen molar-refractivity contribution in [2.45, 2.75) is 25.9 Å². The third-order valence-electron chi connectivity index (χ3n) is 3.64. The van der Waals surface area contributed by atoms with E-state index in [0.29, 0.717) is 13.2 Å². The van der Waals surface area contributed by atoms with Gasteiger partial charge < -0.3 is 15.4 Å². The van der Waals surface area contributed by atoms with E-state index in [1.807, 2.05) is 29.6 Å². The van der Waals surface area contributed by atoms with E-state index in [1.165, 1.54) is 10.4 Å². The van der Waals surface area contributed by atoms with E-state index in [0.717, 1.165) is 17.7 Å². The van der Waals surface area contributed by atoms with Crippen LogP contribution in [-0.4, -0.2) is 12.6 Å². The van der Waals surface area contributed by atoms with Gasteiger partial charge in [-0.2, -0.15) is 0 Å². The maximum absolute atomic E-state index is 12.1. The van der Waals surface area contributed by atoms with Crippen LogP contribution in [0.25, 0.3) is 0 Å². The van der Waals surface area contributed by atoms with Gasteiger partial charge in [0.05, 0.1) is 19.2 Å². The fourth-order valence-corrected chi connectivity index (χ4v) is 3.29. The summed E-state index contributed by atoms with van der Waals surface area (Å²) in [4.78, 5) is 13.3. The van der Waals surface area contributed by atoms with E-state index in [9.17, 15) is 4.79 Å². The standard InChI is InChI=1S/C16H18N2O2S/c1-11-7-9-21-15(11)10-17-16(19)18-13-6-8-20-14-5-3-2-4-12(13)14/h2-5,7,9,13H,6,8,10H2,1H3,(H2,17,18,19). The maximum Gasteiger partial charge on any atom is 0.315 e. The van der Waals surface area contributed by atoms with Crippen molar-refractivity contribution in [3.63, 3.8) is 0 Å². The number of ether oxygens (including phenoxy) is 1. The summed E-state index contributed by atoms with van der Waals surface area (Å²) in [6, 6.07) is 9.80. The molecule has 1 aliphatic heterocycles. The Bertz CT molecular complexity index is 639. The molecule has 2 amide bonds. The Morgan fingerprint density at radius 2 is 2.24 bits per heavy atom. The minimum absolute atomic E-state index is 0.0133. The van der Waals surface area contributed by atoms with Crippen LogP contribution in [0.1, 0.15) is 28.5 Å². The van der Waals surface area contributed by atoms with E-state index in [1.54, 1.807) is 11.3 Å². The molecule has 1 atom stereocenters. The largest absolute Gasteiger partial charge is 0.493 e. The van der Waals surface area contributed by atoms with E-state index < -0.39 is 0 Å². The highest BCUT2D eigenvalue weighted by molar-refractivity contribution is 7.10. The highest BCUT2D eigenvalue weighted by Gasteiger charge is 2.22. The zero-order chi connectivity index (χ0) is 14.7. The van der Waals surface area contributed by atoms with E-state index in [4.69, 9.17) is 4.74 Å². The molecule has 3 rings (SSSR count). The zero-order valence-electron chi connectivity index (χ0n) is 11.9. The maximum atomic E-state index is 12.1. The lowest BCUT2D eigenvalue weighted by Gasteiger charge is -2.26. The molecule has 0 aliphatic carbocycles. The second kappa shape index (κ2) is 6.18. The van der Waals surface area contributed by atoms with Crippen LogP contribution in [0.4, 0.5) is 4.79 Å². The summed E-state index contributed by atoms with van der Waals surface area (Å²) in [6.07, 6.45) is 0.794. The lowest BCUT2D eigenvalue weighted by atomic mass is 10.0. The van der Waals surface area contributed by atoms with E-state index in [2.05, 4.69) is 23.6 Å². The normalized spacial score (nSPS) is 16.7. The molecule has 2 N–H and O–H groups in total. The number of carbonyl (C=O) groups is 1. The van der Waals surface area contributed by atoms with Crippen molar-refractivity contribution in [1.29, 1.82) is 0 Å². The molecule has 0 saturated heterocycles. The SMILES string of the molecule is Cc1ccsc1CNC(=O)NC1CCOc2ccccc21. The van der Waals surface area contributed by atoms with Gasteiger partial charge in [-0.15, -0.1) is 11.3 Å². The van der Waals surface area contributed by atoms with E-state index in [-0.39, 0.29) is 12.1 Å². The molecule has 0 spiro atoms. The molecule has 2 heterocycles. The van der Waals surface area contributed by atoms with Gasteiger partial charge in [-0.3, -0.25) is 0 Å². The number of benzene rings is 1. The number of nitrogens with one attached hydrogen (secondary N) is 2. The van der Waals surface area contributed by atoms with Crippen LogP contribution in [0.5, 0.6) is 5.75 Å². The Kier molecular flexibility index (Phi) is 4.10. The fraction of sp³-hybridized carbons (Fsp3) is 0.312. The Morgan fingerprint density at radius 3 is 3.05 bits per heavy atom. The zero-order valence-corrected chi connectivity index (χ0v) is 12.7. The third kappa shape index (κ3) is 3.19. The number of rotatable bonds is 3. The van der Waals surface area contributed by atoms with Gasteiger partial charge in [0.2, 0.25) is 0 Å². The lowest BCUT2D eigenvalue weighted by Crippen LogP contribution is -2.39. The third-order valence-corrected chi connectivity index (χ3v) is 4.66. The average molecular weight is 302 g/mol. The molecule has 2 aromatic rings. The van der Waals surface area contributed by atoms with Gasteiger partial charge >= 0.3 is 6.03 Å². The van der Waals surface area contributed by atoms with Gasteiger partial charge in [0.25, 0.3) is 0 Å². The highest BCUT2D eigenvalue weighted by Crippen LogP contribution is 2.31. The molecule has 5 heteroatoms. The number of aryl methyl sites for hydroxylation is 1. The Labute approximate surface area is 128 Å². The van der Waals surface area contributed by atoms with Crippen LogP contribution in [0.2, 0.25) is 0 Å². The molecule has 1 aliphatic rings. The first kappa shape index (κ1) is 13.9. The Morgan fingerprint density at radius 1 is 1.38 bits per heavy atom. The molecule has 0 bridgehead atoms. The molecule has 110 valence electrons. The first-order chi connectivity index (χ1) is 10.2. The van der Waals surface area contributed by atoms with Crippen molar-refractivity contribution in [2.24, 2.45) is 0 Å². The first-order valence-corrected chi connectivity index (χ1v) is 7.91. The summed E-state index contributed by atoms with van der Waals surface area (Å²) in [6.45, 7) is 3.26. The minimum Gasteiger partial charge on any atom is -0.493 e. The minimum atomic E-state index is -0.135. The number of urea groups is 1. The first-order valence-electron chi connectivity index (χ1n) is 7.03. The second-order valence-electron chi connectivity index (χ2n) is 5.08. The predicted molar refractivity (Wildman–Crippen MR) is 83.7 cm³/mol. The average Bonchev–Trinajstić information content (AvgIpc) is 2.91. The molecule has 0 radical (unpaired) electrons. The molecule has 21 heavy (non-hydrogen) atoms. The monoisotopic (exact) mass is 302 g/mol. The number of hydrogen-bond acceptors (Lipinski definition) is 3. The lowest BCUT2D eigenvalue weighted by molar-refractivity contribution is 0.223. The fourth-order valence-electron chi connectivity index (χ4n) is 2.45. The van der Waals surface area contributed by atoms with Crippen LogP contribution >= 0.6 is 11.3 Å². The number of fused-ring (bicyclic) bond motifs is 1. The molecule has 0 fully saturated rings. The van der Waals surface area contributed by atoms with Crippen molar-refractivity contribution in [3.05, 3.63) is 51.7 Å². The van der Waals surface area contributed by atoms with Gasteiger partial charge in [0.15, 0.2) is 0 Å². The van der Waals surface area contributed by atoms with Gasteiger partial charge in [0.1, 0.15) is 5.75 Å². The summed E-state index contributed by atoms with van der Waals surface area (Å²) in [5, 5.41) is 8.00. The van der Waals surface area contributed by atoms with Crippen molar-refractivity contribution >= 4 is 17.4 Å². The van der Waals surface area contributed by atoms with Crippen molar-refractivity contribution in [3.8, 4) is 5.75 Å². The number of thiophene rings is 1. The number of hydrogen-bond donors (Lipinski definition) is 2. The summed E-state index contributed by atoms with van der Waals surface area (Å²) in [5.41, 5.74) is 2.27. The number of para-hydroxylation sites is 1. The molecule has 0 saturated carbocycles. The van der Waals surface area contributed by atoms with Crippen molar-refractivity contribution < 1.29 is 9.53 Å². The molecule has 4 nitrogen and oxygen atoms in total. The van der Waals surface area contributed by atoms with Gasteiger partial charge in [-0.25, -0.2) is 4.79 Å². The van der Waals surface area contributed by atoms with Gasteiger partial charge in [-0.1, -0.05) is 18.2 Å². The number of amides is 2. The van der Waals surface area contributed by atoms with Crippen LogP contribution in [-0.2, 0) is 6.54 Å². The summed E-state index contributed by atoms with van der Waals surface area (Å²) in [7, 11) is 0. The second-order valence-corrected chi connectivity index (χ2v) is 6.08. The smallest absolute Gasteiger partial charge is 0.315 e. The molecule has 1 aromatic heterocycles. The van der Waals surface area contributed by atoms with Crippen LogP contribution in [0.3, 0.4) is 0 Å². The molecule has 1 aromatic carbocycles. The summed E-state index contributed by atoms with van der Waals surface area (Å²) in [5.74, 6) is 0.864. The van der Waals surface area contributed by atoms with Crippen LogP contribution in [0.15, 0.2) is 35.7 Å². The van der Waals surface area contributed by atoms with Crippen molar-refractivity contribution in [2.75, 3.05) is 6.61 Å². The molecule has 1 unspecified atom stereocenters. The van der Waals surface area contributed by atoms with E-state index >= 15 is 0 Å². The van der Waals surface area contributed by atoms with Crippen molar-refractivity contribution in [1.82, 2.24) is 10.6 Å². The highest BCUT2D eigenvalue weighted by atomic mass is 32.1. The summed E-state index contributed by atoms with van der Waals surface area (Å²) >= 11 is 1.66. The molecular weight excluding hydrogens is 284 g/mol. The molecular formula is C16H18N2O2S. The quantitative estimate of drug-likeness (QED) is 0.913. The Balaban J connectivity index is 1.60. The number of carbonyl (C=O) groups excluding carboxylic acids is 1.